The van der Waals surface area contributed by atoms with Gasteiger partial charge in [-0.05, 0) is 48.4 Å². The van der Waals surface area contributed by atoms with Crippen molar-refractivity contribution in [1.29, 1.82) is 0 Å². The predicted octanol–water partition coefficient (Wildman–Crippen LogP) is 2.77. The van der Waals surface area contributed by atoms with E-state index in [2.05, 4.69) is 5.32 Å². The number of anilines is 2. The standard InChI is InChI=1S/C17H21N3O/c1-12-4-5-13(11-18)10-16(12)19-17(21)14-6-8-15(9-7-14)20(2)3/h4-10H,11,18H2,1-3H3,(H,19,21). The van der Waals surface area contributed by atoms with Gasteiger partial charge in [0.1, 0.15) is 0 Å². The molecule has 0 saturated carbocycles. The van der Waals surface area contributed by atoms with E-state index in [0.717, 1.165) is 22.5 Å². The highest BCUT2D eigenvalue weighted by Crippen LogP contribution is 2.19. The van der Waals surface area contributed by atoms with Crippen molar-refractivity contribution in [1.82, 2.24) is 0 Å². The van der Waals surface area contributed by atoms with Crippen LogP contribution in [0.25, 0.3) is 0 Å². The molecule has 2 rings (SSSR count). The van der Waals surface area contributed by atoms with Crippen molar-refractivity contribution in [2.24, 2.45) is 5.73 Å². The molecule has 2 aromatic carbocycles. The third-order valence-electron chi connectivity index (χ3n) is 3.43. The molecule has 0 saturated heterocycles. The molecule has 0 aliphatic heterocycles. The summed E-state index contributed by atoms with van der Waals surface area (Å²) in [6.45, 7) is 2.42. The van der Waals surface area contributed by atoms with Gasteiger partial charge in [-0.3, -0.25) is 4.79 Å². The largest absolute Gasteiger partial charge is 0.378 e. The van der Waals surface area contributed by atoms with Gasteiger partial charge >= 0.3 is 0 Å². The summed E-state index contributed by atoms with van der Waals surface area (Å²) >= 11 is 0. The minimum absolute atomic E-state index is 0.113. The molecule has 1 amide bonds. The van der Waals surface area contributed by atoms with Gasteiger partial charge in [0.25, 0.3) is 5.91 Å². The van der Waals surface area contributed by atoms with Crippen molar-refractivity contribution >= 4 is 17.3 Å². The van der Waals surface area contributed by atoms with Gasteiger partial charge in [-0.2, -0.15) is 0 Å². The number of carbonyl (C=O) groups excluding carboxylic acids is 1. The van der Waals surface area contributed by atoms with E-state index < -0.39 is 0 Å². The molecule has 0 aliphatic carbocycles. The summed E-state index contributed by atoms with van der Waals surface area (Å²) in [4.78, 5) is 14.3. The summed E-state index contributed by atoms with van der Waals surface area (Å²) in [6, 6.07) is 13.4. The molecule has 2 aromatic rings. The number of benzene rings is 2. The minimum atomic E-state index is -0.113. The van der Waals surface area contributed by atoms with Crippen molar-refractivity contribution in [3.8, 4) is 0 Å². The molecule has 0 radical (unpaired) electrons. The van der Waals surface area contributed by atoms with Crippen LogP contribution in [-0.4, -0.2) is 20.0 Å². The Bertz CT molecular complexity index is 633. The highest BCUT2D eigenvalue weighted by Gasteiger charge is 2.08. The van der Waals surface area contributed by atoms with E-state index in [1.165, 1.54) is 0 Å². The quantitative estimate of drug-likeness (QED) is 0.907. The van der Waals surface area contributed by atoms with Crippen LogP contribution >= 0.6 is 0 Å². The Kier molecular flexibility index (Phi) is 4.60. The first kappa shape index (κ1) is 15.1. The minimum Gasteiger partial charge on any atom is -0.378 e. The van der Waals surface area contributed by atoms with E-state index in [1.54, 1.807) is 0 Å². The molecular weight excluding hydrogens is 262 g/mol. The summed E-state index contributed by atoms with van der Waals surface area (Å²) in [5.74, 6) is -0.113. The summed E-state index contributed by atoms with van der Waals surface area (Å²) in [5.41, 5.74) is 10.2. The second-order valence-electron chi connectivity index (χ2n) is 5.25. The summed E-state index contributed by atoms with van der Waals surface area (Å²) in [7, 11) is 3.94. The molecule has 0 atom stereocenters. The lowest BCUT2D eigenvalue weighted by molar-refractivity contribution is 0.102. The normalized spacial score (nSPS) is 10.3. The Morgan fingerprint density at radius 3 is 2.38 bits per heavy atom. The van der Waals surface area contributed by atoms with Gasteiger partial charge in [0.2, 0.25) is 0 Å². The Hall–Kier alpha value is -2.33. The maximum absolute atomic E-state index is 12.3. The van der Waals surface area contributed by atoms with E-state index in [4.69, 9.17) is 5.73 Å². The molecular formula is C17H21N3O. The Morgan fingerprint density at radius 1 is 1.14 bits per heavy atom. The fraction of sp³-hybridized carbons (Fsp3) is 0.235. The smallest absolute Gasteiger partial charge is 0.255 e. The monoisotopic (exact) mass is 283 g/mol. The Balaban J connectivity index is 2.17. The lowest BCUT2D eigenvalue weighted by Gasteiger charge is -2.13. The molecule has 0 aromatic heterocycles. The van der Waals surface area contributed by atoms with Gasteiger partial charge in [-0.1, -0.05) is 12.1 Å². The zero-order valence-electron chi connectivity index (χ0n) is 12.7. The number of carbonyl (C=O) groups is 1. The Morgan fingerprint density at radius 2 is 1.81 bits per heavy atom. The summed E-state index contributed by atoms with van der Waals surface area (Å²) < 4.78 is 0. The van der Waals surface area contributed by atoms with E-state index in [0.29, 0.717) is 12.1 Å². The van der Waals surface area contributed by atoms with Gasteiger partial charge in [-0.25, -0.2) is 0 Å². The maximum atomic E-state index is 12.3. The van der Waals surface area contributed by atoms with Crippen molar-refractivity contribution in [2.45, 2.75) is 13.5 Å². The SMILES string of the molecule is Cc1ccc(CN)cc1NC(=O)c1ccc(N(C)C)cc1. The molecule has 0 spiro atoms. The van der Waals surface area contributed by atoms with Gasteiger partial charge < -0.3 is 16.0 Å². The number of aryl methyl sites for hydroxylation is 1. The van der Waals surface area contributed by atoms with Crippen molar-refractivity contribution in [2.75, 3.05) is 24.3 Å². The van der Waals surface area contributed by atoms with Crippen LogP contribution in [0, 0.1) is 6.92 Å². The number of nitrogens with one attached hydrogen (secondary N) is 1. The van der Waals surface area contributed by atoms with Crippen LogP contribution < -0.4 is 16.0 Å². The zero-order chi connectivity index (χ0) is 15.4. The van der Waals surface area contributed by atoms with Gasteiger partial charge in [0, 0.05) is 37.6 Å². The molecule has 110 valence electrons. The Labute approximate surface area is 125 Å². The predicted molar refractivity (Wildman–Crippen MR) is 87.8 cm³/mol. The molecule has 21 heavy (non-hydrogen) atoms. The first-order valence-corrected chi connectivity index (χ1v) is 6.89. The molecule has 3 N–H and O–H groups in total. The van der Waals surface area contributed by atoms with E-state index >= 15 is 0 Å². The second kappa shape index (κ2) is 6.41. The lowest BCUT2D eigenvalue weighted by atomic mass is 10.1. The average Bonchev–Trinajstić information content (AvgIpc) is 2.49. The lowest BCUT2D eigenvalue weighted by Crippen LogP contribution is -2.14. The molecule has 0 fully saturated rings. The fourth-order valence-corrected chi connectivity index (χ4v) is 2.04. The molecule has 4 heteroatoms. The van der Waals surface area contributed by atoms with Crippen LogP contribution in [0.1, 0.15) is 21.5 Å². The zero-order valence-corrected chi connectivity index (χ0v) is 12.7. The number of hydrogen-bond donors (Lipinski definition) is 2. The fourth-order valence-electron chi connectivity index (χ4n) is 2.04. The third-order valence-corrected chi connectivity index (χ3v) is 3.43. The number of amides is 1. The number of nitrogens with two attached hydrogens (primary N) is 1. The van der Waals surface area contributed by atoms with Gasteiger partial charge in [0.15, 0.2) is 0 Å². The topological polar surface area (TPSA) is 58.4 Å². The van der Waals surface area contributed by atoms with Crippen LogP contribution in [0.5, 0.6) is 0 Å². The van der Waals surface area contributed by atoms with Crippen LogP contribution in [0.4, 0.5) is 11.4 Å². The molecule has 0 unspecified atom stereocenters. The first-order chi connectivity index (χ1) is 10.0. The van der Waals surface area contributed by atoms with E-state index in [-0.39, 0.29) is 5.91 Å². The highest BCUT2D eigenvalue weighted by molar-refractivity contribution is 6.04. The molecule has 0 heterocycles. The third kappa shape index (κ3) is 3.61. The van der Waals surface area contributed by atoms with Crippen LogP contribution in [0.3, 0.4) is 0 Å². The maximum Gasteiger partial charge on any atom is 0.255 e. The van der Waals surface area contributed by atoms with Crippen molar-refractivity contribution in [3.05, 3.63) is 59.2 Å². The molecule has 0 aliphatic rings. The van der Waals surface area contributed by atoms with Crippen molar-refractivity contribution < 1.29 is 4.79 Å². The van der Waals surface area contributed by atoms with Crippen LogP contribution in [-0.2, 0) is 6.54 Å². The number of nitrogens with zero attached hydrogens (tertiary/aromatic N) is 1. The highest BCUT2D eigenvalue weighted by atomic mass is 16.1. The van der Waals surface area contributed by atoms with Crippen LogP contribution in [0.2, 0.25) is 0 Å². The summed E-state index contributed by atoms with van der Waals surface area (Å²) in [5, 5.41) is 2.94. The molecule has 4 nitrogen and oxygen atoms in total. The summed E-state index contributed by atoms with van der Waals surface area (Å²) in [6.07, 6.45) is 0. The van der Waals surface area contributed by atoms with E-state index in [1.807, 2.05) is 68.4 Å². The van der Waals surface area contributed by atoms with Crippen molar-refractivity contribution in [3.63, 3.8) is 0 Å². The number of hydrogen-bond acceptors (Lipinski definition) is 3. The first-order valence-electron chi connectivity index (χ1n) is 6.89. The van der Waals surface area contributed by atoms with E-state index in [9.17, 15) is 4.79 Å². The average molecular weight is 283 g/mol. The van der Waals surface area contributed by atoms with Crippen LogP contribution in [0.15, 0.2) is 42.5 Å². The molecule has 0 bridgehead atoms. The van der Waals surface area contributed by atoms with Gasteiger partial charge in [-0.15, -0.1) is 0 Å². The van der Waals surface area contributed by atoms with Gasteiger partial charge in [0.05, 0.1) is 0 Å². The second-order valence-corrected chi connectivity index (χ2v) is 5.25. The number of rotatable bonds is 4.